The van der Waals surface area contributed by atoms with E-state index in [-0.39, 0.29) is 17.9 Å². The van der Waals surface area contributed by atoms with Gasteiger partial charge in [-0.15, -0.1) is 0 Å². The summed E-state index contributed by atoms with van der Waals surface area (Å²) in [5.41, 5.74) is 0. The average molecular weight is 242 g/mol. The van der Waals surface area contributed by atoms with E-state index in [0.29, 0.717) is 13.1 Å². The maximum Gasteiger partial charge on any atom is 0.223 e. The van der Waals surface area contributed by atoms with E-state index in [1.54, 1.807) is 6.92 Å². The van der Waals surface area contributed by atoms with Crippen LogP contribution in [0.25, 0.3) is 0 Å². The van der Waals surface area contributed by atoms with Crippen molar-refractivity contribution >= 4 is 5.91 Å². The van der Waals surface area contributed by atoms with E-state index >= 15 is 0 Å². The number of rotatable bonds is 6. The molecule has 0 aromatic heterocycles. The summed E-state index contributed by atoms with van der Waals surface area (Å²) < 4.78 is 0. The van der Waals surface area contributed by atoms with Gasteiger partial charge < -0.3 is 15.7 Å². The maximum absolute atomic E-state index is 11.8. The van der Waals surface area contributed by atoms with E-state index in [0.717, 1.165) is 25.3 Å². The molecule has 17 heavy (non-hydrogen) atoms. The van der Waals surface area contributed by atoms with Crippen molar-refractivity contribution in [2.24, 2.45) is 11.8 Å². The van der Waals surface area contributed by atoms with Crippen molar-refractivity contribution in [1.29, 1.82) is 0 Å². The Morgan fingerprint density at radius 2 is 1.94 bits per heavy atom. The van der Waals surface area contributed by atoms with Crippen LogP contribution >= 0.6 is 0 Å². The van der Waals surface area contributed by atoms with Gasteiger partial charge in [-0.1, -0.05) is 6.92 Å². The summed E-state index contributed by atoms with van der Waals surface area (Å²) in [5.74, 6) is 1.21. The van der Waals surface area contributed by atoms with Gasteiger partial charge in [-0.05, 0) is 38.5 Å². The van der Waals surface area contributed by atoms with Crippen LogP contribution in [0, 0.1) is 11.8 Å². The molecule has 0 saturated heterocycles. The zero-order valence-electron chi connectivity index (χ0n) is 11.0. The van der Waals surface area contributed by atoms with Crippen molar-refractivity contribution < 1.29 is 9.90 Å². The summed E-state index contributed by atoms with van der Waals surface area (Å²) in [4.78, 5) is 11.8. The number of carbonyl (C=O) groups excluding carboxylic acids is 1. The number of amides is 1. The van der Waals surface area contributed by atoms with Gasteiger partial charge in [-0.25, -0.2) is 0 Å². The molecule has 0 aromatic carbocycles. The van der Waals surface area contributed by atoms with Crippen molar-refractivity contribution in [1.82, 2.24) is 10.6 Å². The van der Waals surface area contributed by atoms with E-state index in [4.69, 9.17) is 5.11 Å². The van der Waals surface area contributed by atoms with Crippen molar-refractivity contribution in [2.45, 2.75) is 45.6 Å². The molecule has 1 aliphatic rings. The number of nitrogens with one attached hydrogen (secondary N) is 2. The van der Waals surface area contributed by atoms with Gasteiger partial charge in [0.15, 0.2) is 0 Å². The molecule has 1 aliphatic carbocycles. The zero-order valence-corrected chi connectivity index (χ0v) is 11.0. The molecule has 1 rings (SSSR count). The molecule has 100 valence electrons. The summed E-state index contributed by atoms with van der Waals surface area (Å²) in [5, 5.41) is 15.1. The molecule has 4 heteroatoms. The van der Waals surface area contributed by atoms with E-state index < -0.39 is 0 Å². The lowest BCUT2D eigenvalue weighted by Crippen LogP contribution is -2.38. The quantitative estimate of drug-likeness (QED) is 0.606. The van der Waals surface area contributed by atoms with Crippen LogP contribution in [0.2, 0.25) is 0 Å². The van der Waals surface area contributed by atoms with Crippen LogP contribution in [-0.4, -0.2) is 36.8 Å². The summed E-state index contributed by atoms with van der Waals surface area (Å²) in [6.07, 6.45) is 4.10. The van der Waals surface area contributed by atoms with Gasteiger partial charge in [-0.3, -0.25) is 4.79 Å². The molecule has 0 heterocycles. The zero-order chi connectivity index (χ0) is 12.7. The molecule has 1 atom stereocenters. The molecular formula is C13H26N2O2. The molecule has 0 aromatic rings. The van der Waals surface area contributed by atoms with Gasteiger partial charge in [0, 0.05) is 25.6 Å². The van der Waals surface area contributed by atoms with Gasteiger partial charge in [0.2, 0.25) is 5.91 Å². The van der Waals surface area contributed by atoms with Crippen LogP contribution in [0.5, 0.6) is 0 Å². The first kappa shape index (κ1) is 14.5. The Bertz CT molecular complexity index is 223. The van der Waals surface area contributed by atoms with Crippen LogP contribution in [0.4, 0.5) is 0 Å². The Kier molecular flexibility index (Phi) is 6.52. The molecule has 1 saturated carbocycles. The number of hydrogen-bond acceptors (Lipinski definition) is 3. The normalized spacial score (nSPS) is 26.5. The molecule has 0 spiro atoms. The molecule has 1 fully saturated rings. The smallest absolute Gasteiger partial charge is 0.223 e. The third-order valence-electron chi connectivity index (χ3n) is 3.43. The number of carbonyl (C=O) groups is 1. The highest BCUT2D eigenvalue weighted by molar-refractivity contribution is 5.78. The molecule has 0 aliphatic heterocycles. The second kappa shape index (κ2) is 7.67. The fraction of sp³-hybridized carbons (Fsp3) is 0.923. The van der Waals surface area contributed by atoms with Gasteiger partial charge in [0.05, 0.1) is 6.10 Å². The largest absolute Gasteiger partial charge is 0.392 e. The van der Waals surface area contributed by atoms with Crippen LogP contribution in [-0.2, 0) is 4.79 Å². The average Bonchev–Trinajstić information content (AvgIpc) is 2.29. The predicted molar refractivity (Wildman–Crippen MR) is 68.7 cm³/mol. The van der Waals surface area contributed by atoms with E-state index in [2.05, 4.69) is 17.6 Å². The van der Waals surface area contributed by atoms with Gasteiger partial charge in [-0.2, -0.15) is 0 Å². The van der Waals surface area contributed by atoms with Crippen molar-refractivity contribution in [3.05, 3.63) is 0 Å². The lowest BCUT2D eigenvalue weighted by molar-refractivity contribution is -0.126. The fourth-order valence-electron chi connectivity index (χ4n) is 2.25. The Morgan fingerprint density at radius 1 is 1.29 bits per heavy atom. The van der Waals surface area contributed by atoms with Crippen LogP contribution in [0.3, 0.4) is 0 Å². The van der Waals surface area contributed by atoms with E-state index in [9.17, 15) is 4.79 Å². The SMILES string of the molecule is CC(O)CNCCNC(=O)C1CCC(C)CC1. The third-order valence-corrected chi connectivity index (χ3v) is 3.43. The minimum Gasteiger partial charge on any atom is -0.392 e. The molecule has 0 radical (unpaired) electrons. The lowest BCUT2D eigenvalue weighted by Gasteiger charge is -2.25. The van der Waals surface area contributed by atoms with Crippen molar-refractivity contribution in [3.63, 3.8) is 0 Å². The molecule has 1 unspecified atom stereocenters. The highest BCUT2D eigenvalue weighted by Crippen LogP contribution is 2.28. The minimum absolute atomic E-state index is 0.204. The monoisotopic (exact) mass is 242 g/mol. The highest BCUT2D eigenvalue weighted by Gasteiger charge is 2.23. The molecule has 1 amide bonds. The fourth-order valence-corrected chi connectivity index (χ4v) is 2.25. The molecule has 4 nitrogen and oxygen atoms in total. The summed E-state index contributed by atoms with van der Waals surface area (Å²) in [6.45, 7) is 5.96. The van der Waals surface area contributed by atoms with Crippen molar-refractivity contribution in [2.75, 3.05) is 19.6 Å². The Balaban J connectivity index is 2.05. The first-order valence-corrected chi connectivity index (χ1v) is 6.76. The Hall–Kier alpha value is -0.610. The van der Waals surface area contributed by atoms with Crippen molar-refractivity contribution in [3.8, 4) is 0 Å². The number of aliphatic hydroxyl groups is 1. The Labute approximate surface area is 104 Å². The van der Waals surface area contributed by atoms with E-state index in [1.807, 2.05) is 0 Å². The number of hydrogen-bond donors (Lipinski definition) is 3. The molecule has 0 bridgehead atoms. The van der Waals surface area contributed by atoms with Crippen LogP contribution in [0.1, 0.15) is 39.5 Å². The third kappa shape index (κ3) is 6.03. The Morgan fingerprint density at radius 3 is 2.53 bits per heavy atom. The van der Waals surface area contributed by atoms with Gasteiger partial charge >= 0.3 is 0 Å². The first-order chi connectivity index (χ1) is 8.09. The predicted octanol–water partition coefficient (Wildman–Crippen LogP) is 0.899. The highest BCUT2D eigenvalue weighted by atomic mass is 16.3. The topological polar surface area (TPSA) is 61.4 Å². The van der Waals surface area contributed by atoms with Crippen LogP contribution < -0.4 is 10.6 Å². The second-order valence-electron chi connectivity index (χ2n) is 5.30. The second-order valence-corrected chi connectivity index (χ2v) is 5.30. The van der Waals surface area contributed by atoms with E-state index in [1.165, 1.54) is 12.8 Å². The standard InChI is InChI=1S/C13H26N2O2/c1-10-3-5-12(6-4-10)13(17)15-8-7-14-9-11(2)16/h10-12,14,16H,3-9H2,1-2H3,(H,15,17). The van der Waals surface area contributed by atoms with Crippen LogP contribution in [0.15, 0.2) is 0 Å². The maximum atomic E-state index is 11.8. The molecule has 3 N–H and O–H groups in total. The summed E-state index contributed by atoms with van der Waals surface area (Å²) >= 11 is 0. The van der Waals surface area contributed by atoms with Gasteiger partial charge in [0.1, 0.15) is 0 Å². The first-order valence-electron chi connectivity index (χ1n) is 6.76. The number of aliphatic hydroxyl groups excluding tert-OH is 1. The minimum atomic E-state index is -0.328. The van der Waals surface area contributed by atoms with Gasteiger partial charge in [0.25, 0.3) is 0 Å². The summed E-state index contributed by atoms with van der Waals surface area (Å²) in [6, 6.07) is 0. The summed E-state index contributed by atoms with van der Waals surface area (Å²) in [7, 11) is 0. The lowest BCUT2D eigenvalue weighted by atomic mass is 9.82. The molecular weight excluding hydrogens is 216 g/mol.